The zero-order valence-electron chi connectivity index (χ0n) is 21.8. The summed E-state index contributed by atoms with van der Waals surface area (Å²) >= 11 is 0. The molecule has 6 nitrogen and oxygen atoms in total. The zero-order valence-corrected chi connectivity index (χ0v) is 21.8. The molecule has 0 saturated carbocycles. The van der Waals surface area contributed by atoms with Crippen molar-refractivity contribution in [3.63, 3.8) is 0 Å². The molecule has 9 heteroatoms. The van der Waals surface area contributed by atoms with E-state index in [9.17, 15) is 22.8 Å². The van der Waals surface area contributed by atoms with Crippen LogP contribution in [0.25, 0.3) is 22.1 Å². The summed E-state index contributed by atoms with van der Waals surface area (Å²) in [5, 5.41) is 0.569. The molecular weight excluding hydrogens is 499 g/mol. The van der Waals surface area contributed by atoms with Crippen molar-refractivity contribution in [2.24, 2.45) is 5.92 Å². The maximum absolute atomic E-state index is 12.8. The van der Waals surface area contributed by atoms with E-state index in [2.05, 4.69) is 4.98 Å². The minimum atomic E-state index is -4.45. The van der Waals surface area contributed by atoms with Gasteiger partial charge in [-0.2, -0.15) is 13.2 Å². The Balaban J connectivity index is 1.43. The van der Waals surface area contributed by atoms with Crippen LogP contribution in [0, 0.1) is 5.92 Å². The highest BCUT2D eigenvalue weighted by Crippen LogP contribution is 2.31. The normalized spacial score (nSPS) is 12.4. The number of pyridine rings is 1. The number of unbranched alkanes of at least 4 members (excludes halogenated alkanes) is 6. The largest absolute Gasteiger partial charge is 0.475 e. The van der Waals surface area contributed by atoms with Crippen molar-refractivity contribution in [3.05, 3.63) is 58.6 Å². The van der Waals surface area contributed by atoms with Gasteiger partial charge in [-0.1, -0.05) is 58.1 Å². The first-order valence-corrected chi connectivity index (χ1v) is 13.1. The number of carbonyl (C=O) groups excluding carboxylic acids is 1. The smallest absolute Gasteiger partial charge is 0.416 e. The minimum Gasteiger partial charge on any atom is -0.475 e. The Morgan fingerprint density at radius 3 is 2.24 bits per heavy atom. The minimum absolute atomic E-state index is 0.0394. The molecule has 0 aliphatic carbocycles. The van der Waals surface area contributed by atoms with Crippen LogP contribution in [0.5, 0.6) is 5.88 Å². The lowest BCUT2D eigenvalue weighted by molar-refractivity contribution is -0.148. The number of hydrogen-bond donors (Lipinski definition) is 0. The molecule has 1 atom stereocenters. The van der Waals surface area contributed by atoms with E-state index in [0.717, 1.165) is 63.5 Å². The van der Waals surface area contributed by atoms with Crippen molar-refractivity contribution in [1.82, 2.24) is 4.98 Å². The van der Waals surface area contributed by atoms with Crippen LogP contribution >= 0.6 is 0 Å². The third-order valence-corrected chi connectivity index (χ3v) is 6.43. The van der Waals surface area contributed by atoms with Crippen LogP contribution in [0.15, 0.2) is 51.8 Å². The van der Waals surface area contributed by atoms with Crippen LogP contribution < -0.4 is 10.4 Å². The van der Waals surface area contributed by atoms with Gasteiger partial charge in [0.05, 0.1) is 30.3 Å². The molecule has 2 aromatic heterocycles. The summed E-state index contributed by atoms with van der Waals surface area (Å²) in [5.74, 6) is 0.0556. The number of nitrogens with zero attached hydrogens (tertiary/aromatic N) is 1. The van der Waals surface area contributed by atoms with Crippen LogP contribution in [-0.2, 0) is 15.7 Å². The number of halogens is 3. The van der Waals surface area contributed by atoms with Crippen molar-refractivity contribution in [3.8, 4) is 17.0 Å². The Hall–Kier alpha value is -3.36. The molecule has 3 rings (SSSR count). The van der Waals surface area contributed by atoms with Gasteiger partial charge in [0.2, 0.25) is 0 Å². The monoisotopic (exact) mass is 533 g/mol. The lowest BCUT2D eigenvalue weighted by Gasteiger charge is -2.09. The van der Waals surface area contributed by atoms with Gasteiger partial charge in [-0.05, 0) is 49.1 Å². The molecule has 0 amide bonds. The average molecular weight is 534 g/mol. The summed E-state index contributed by atoms with van der Waals surface area (Å²) in [6.45, 7) is 4.75. The lowest BCUT2D eigenvalue weighted by Crippen LogP contribution is -2.14. The number of carbonyl (C=O) groups is 1. The fraction of sp³-hybridized carbons (Fsp3) is 0.483. The van der Waals surface area contributed by atoms with Crippen LogP contribution in [0.1, 0.15) is 70.8 Å². The van der Waals surface area contributed by atoms with E-state index in [1.807, 2.05) is 13.8 Å². The van der Waals surface area contributed by atoms with Crippen molar-refractivity contribution in [1.29, 1.82) is 0 Å². The van der Waals surface area contributed by atoms with E-state index in [4.69, 9.17) is 13.9 Å². The van der Waals surface area contributed by atoms with Gasteiger partial charge in [-0.15, -0.1) is 0 Å². The molecule has 1 aromatic carbocycles. The number of fused-ring (bicyclic) bond motifs is 1. The van der Waals surface area contributed by atoms with Crippen molar-refractivity contribution < 1.29 is 31.9 Å². The highest BCUT2D eigenvalue weighted by molar-refractivity contribution is 5.84. The zero-order chi connectivity index (χ0) is 27.5. The number of rotatable bonds is 14. The van der Waals surface area contributed by atoms with Gasteiger partial charge in [0.1, 0.15) is 0 Å². The Morgan fingerprint density at radius 1 is 0.974 bits per heavy atom. The molecule has 206 valence electrons. The number of esters is 1. The second-order valence-corrected chi connectivity index (χ2v) is 9.36. The maximum atomic E-state index is 12.8. The number of aromatic nitrogens is 1. The molecule has 0 aliphatic rings. The quantitative estimate of drug-likeness (QED) is 0.157. The molecular formula is C29H34F3NO5. The summed E-state index contributed by atoms with van der Waals surface area (Å²) in [6, 6.07) is 7.61. The first-order valence-electron chi connectivity index (χ1n) is 13.1. The van der Waals surface area contributed by atoms with E-state index in [1.54, 1.807) is 12.1 Å². The van der Waals surface area contributed by atoms with E-state index < -0.39 is 17.4 Å². The van der Waals surface area contributed by atoms with Gasteiger partial charge < -0.3 is 13.9 Å². The Bertz CT molecular complexity index is 1240. The Labute approximate surface area is 220 Å². The predicted molar refractivity (Wildman–Crippen MR) is 139 cm³/mol. The summed E-state index contributed by atoms with van der Waals surface area (Å²) in [5.41, 5.74) is -0.755. The summed E-state index contributed by atoms with van der Waals surface area (Å²) < 4.78 is 55.0. The lowest BCUT2D eigenvalue weighted by atomic mass is 10.0. The topological polar surface area (TPSA) is 78.6 Å². The number of alkyl halides is 3. The first kappa shape index (κ1) is 29.2. The number of benzene rings is 1. The molecule has 0 saturated heterocycles. The molecule has 2 heterocycles. The van der Waals surface area contributed by atoms with Crippen LogP contribution in [0.4, 0.5) is 13.2 Å². The SMILES string of the molecule is CCC(C)C(=O)OCCCCCCCCCOc1nccc2cc(-c3ccc(C(F)(F)F)cc3)c(=O)oc12. The van der Waals surface area contributed by atoms with Gasteiger partial charge in [0, 0.05) is 11.6 Å². The molecule has 0 radical (unpaired) electrons. The van der Waals surface area contributed by atoms with Gasteiger partial charge in [-0.3, -0.25) is 4.79 Å². The summed E-state index contributed by atoms with van der Waals surface area (Å²) in [7, 11) is 0. The molecule has 3 aromatic rings. The number of ether oxygens (including phenoxy) is 2. The van der Waals surface area contributed by atoms with E-state index >= 15 is 0 Å². The van der Waals surface area contributed by atoms with Crippen LogP contribution in [-0.4, -0.2) is 24.2 Å². The van der Waals surface area contributed by atoms with E-state index in [-0.39, 0.29) is 28.9 Å². The van der Waals surface area contributed by atoms with Gasteiger partial charge in [0.15, 0.2) is 5.58 Å². The first-order chi connectivity index (χ1) is 18.2. The second kappa shape index (κ2) is 14.0. The fourth-order valence-corrected chi connectivity index (χ4v) is 3.90. The van der Waals surface area contributed by atoms with Gasteiger partial charge in [-0.25, -0.2) is 9.78 Å². The molecule has 0 N–H and O–H groups in total. The Morgan fingerprint density at radius 2 is 1.61 bits per heavy atom. The van der Waals surface area contributed by atoms with Crippen molar-refractivity contribution in [2.45, 2.75) is 71.4 Å². The fourth-order valence-electron chi connectivity index (χ4n) is 3.90. The molecule has 0 fully saturated rings. The highest BCUT2D eigenvalue weighted by atomic mass is 19.4. The third-order valence-electron chi connectivity index (χ3n) is 6.43. The number of hydrogen-bond acceptors (Lipinski definition) is 6. The Kier molecular flexibility index (Phi) is 10.7. The van der Waals surface area contributed by atoms with Crippen molar-refractivity contribution >= 4 is 16.9 Å². The molecule has 0 aliphatic heterocycles. The van der Waals surface area contributed by atoms with Crippen LogP contribution in [0.3, 0.4) is 0 Å². The molecule has 1 unspecified atom stereocenters. The molecule has 38 heavy (non-hydrogen) atoms. The second-order valence-electron chi connectivity index (χ2n) is 9.36. The van der Waals surface area contributed by atoms with Crippen LogP contribution in [0.2, 0.25) is 0 Å². The molecule has 0 bridgehead atoms. The molecule has 0 spiro atoms. The van der Waals surface area contributed by atoms with E-state index in [0.29, 0.717) is 24.2 Å². The van der Waals surface area contributed by atoms with Gasteiger partial charge in [0.25, 0.3) is 5.88 Å². The van der Waals surface area contributed by atoms with Gasteiger partial charge >= 0.3 is 17.8 Å². The van der Waals surface area contributed by atoms with Crippen molar-refractivity contribution in [2.75, 3.05) is 13.2 Å². The average Bonchev–Trinajstić information content (AvgIpc) is 2.90. The third kappa shape index (κ3) is 8.33. The maximum Gasteiger partial charge on any atom is 0.416 e. The summed E-state index contributed by atoms with van der Waals surface area (Å²) in [4.78, 5) is 28.4. The predicted octanol–water partition coefficient (Wildman–Crippen LogP) is 7.57. The van der Waals surface area contributed by atoms with E-state index in [1.165, 1.54) is 18.3 Å². The highest BCUT2D eigenvalue weighted by Gasteiger charge is 2.30. The summed E-state index contributed by atoms with van der Waals surface area (Å²) in [6.07, 6.45) is 4.82. The standard InChI is InChI=1S/C29H34F3NO5/c1-3-20(2)27(34)37-18-10-8-6-4-5-7-9-17-36-26-25-22(15-16-33-26)19-24(28(35)38-25)21-11-13-23(14-12-21)29(30,31)32/h11-16,19-20H,3-10,17-18H2,1-2H3.